The molecule has 0 amide bonds. The first-order valence-corrected chi connectivity index (χ1v) is 6.73. The molecule has 96 valence electrons. The normalized spacial score (nSPS) is 11.1. The van der Waals surface area contributed by atoms with Crippen molar-refractivity contribution in [1.29, 1.82) is 0 Å². The van der Waals surface area contributed by atoms with E-state index in [4.69, 9.17) is 17.3 Å². The summed E-state index contributed by atoms with van der Waals surface area (Å²) in [6, 6.07) is 6.33. The Kier molecular flexibility index (Phi) is 2.88. The molecular formula is C13H9ClFN3S. The predicted molar refractivity (Wildman–Crippen MR) is 77.0 cm³/mol. The van der Waals surface area contributed by atoms with Crippen molar-refractivity contribution in [1.82, 2.24) is 9.97 Å². The number of aryl methyl sites for hydroxylation is 1. The van der Waals surface area contributed by atoms with Crippen LogP contribution in [0.15, 0.2) is 24.3 Å². The Labute approximate surface area is 117 Å². The average molecular weight is 294 g/mol. The minimum Gasteiger partial charge on any atom is -0.383 e. The van der Waals surface area contributed by atoms with Crippen molar-refractivity contribution in [2.45, 2.75) is 6.92 Å². The minimum absolute atomic E-state index is 0.0436. The van der Waals surface area contributed by atoms with Crippen molar-refractivity contribution in [3.8, 4) is 11.4 Å². The van der Waals surface area contributed by atoms with E-state index in [9.17, 15) is 4.39 Å². The zero-order chi connectivity index (χ0) is 13.6. The number of benzene rings is 1. The van der Waals surface area contributed by atoms with Crippen LogP contribution >= 0.6 is 22.9 Å². The molecule has 0 radical (unpaired) electrons. The standard InChI is InChI=1S/C13H9ClFN3S/c1-6-4-8-11(16)17-12(18-13(8)19-6)7-2-3-10(15)9(14)5-7/h2-5H,1H3,(H2,16,17,18). The third-order valence-electron chi connectivity index (χ3n) is 2.72. The van der Waals surface area contributed by atoms with E-state index in [0.717, 1.165) is 15.1 Å². The van der Waals surface area contributed by atoms with Crippen molar-refractivity contribution in [3.63, 3.8) is 0 Å². The smallest absolute Gasteiger partial charge is 0.163 e. The van der Waals surface area contributed by atoms with Crippen molar-refractivity contribution in [2.24, 2.45) is 0 Å². The summed E-state index contributed by atoms with van der Waals surface area (Å²) in [6.07, 6.45) is 0. The SMILES string of the molecule is Cc1cc2c(N)nc(-c3ccc(F)c(Cl)c3)nc2s1. The molecular weight excluding hydrogens is 285 g/mol. The van der Waals surface area contributed by atoms with Gasteiger partial charge >= 0.3 is 0 Å². The number of fused-ring (bicyclic) bond motifs is 1. The van der Waals surface area contributed by atoms with Crippen LogP contribution in [0.2, 0.25) is 5.02 Å². The van der Waals surface area contributed by atoms with Gasteiger partial charge in [0.05, 0.1) is 10.4 Å². The lowest BCUT2D eigenvalue weighted by atomic mass is 10.2. The average Bonchev–Trinajstić information content (AvgIpc) is 2.74. The molecule has 0 bridgehead atoms. The third-order valence-corrected chi connectivity index (χ3v) is 3.96. The first-order chi connectivity index (χ1) is 9.04. The number of halogens is 2. The third kappa shape index (κ3) is 2.15. The van der Waals surface area contributed by atoms with Gasteiger partial charge in [0.15, 0.2) is 5.82 Å². The maximum Gasteiger partial charge on any atom is 0.163 e. The quantitative estimate of drug-likeness (QED) is 0.736. The molecule has 0 aliphatic carbocycles. The van der Waals surface area contributed by atoms with Crippen LogP contribution in [-0.2, 0) is 0 Å². The number of nitrogens with zero attached hydrogens (tertiary/aromatic N) is 2. The maximum absolute atomic E-state index is 13.2. The summed E-state index contributed by atoms with van der Waals surface area (Å²) >= 11 is 7.31. The molecule has 2 heterocycles. The molecule has 0 saturated carbocycles. The summed E-state index contributed by atoms with van der Waals surface area (Å²) < 4.78 is 13.2. The van der Waals surface area contributed by atoms with Gasteiger partial charge in [-0.1, -0.05) is 11.6 Å². The highest BCUT2D eigenvalue weighted by atomic mass is 35.5. The van der Waals surface area contributed by atoms with Crippen LogP contribution in [0, 0.1) is 12.7 Å². The maximum atomic E-state index is 13.2. The first-order valence-electron chi connectivity index (χ1n) is 5.53. The molecule has 3 rings (SSSR count). The lowest BCUT2D eigenvalue weighted by Crippen LogP contribution is -1.96. The summed E-state index contributed by atoms with van der Waals surface area (Å²) in [7, 11) is 0. The van der Waals surface area contributed by atoms with E-state index in [2.05, 4.69) is 9.97 Å². The van der Waals surface area contributed by atoms with Gasteiger partial charge in [-0.25, -0.2) is 14.4 Å². The van der Waals surface area contributed by atoms with Crippen molar-refractivity contribution < 1.29 is 4.39 Å². The van der Waals surface area contributed by atoms with E-state index < -0.39 is 5.82 Å². The summed E-state index contributed by atoms with van der Waals surface area (Å²) in [5.74, 6) is 0.407. The molecule has 0 unspecified atom stereocenters. The number of aromatic nitrogens is 2. The molecule has 1 aromatic carbocycles. The van der Waals surface area contributed by atoms with Gasteiger partial charge in [-0.15, -0.1) is 11.3 Å². The topological polar surface area (TPSA) is 51.8 Å². The van der Waals surface area contributed by atoms with Crippen molar-refractivity contribution >= 4 is 39.0 Å². The second-order valence-corrected chi connectivity index (χ2v) is 5.78. The highest BCUT2D eigenvalue weighted by Gasteiger charge is 2.11. The van der Waals surface area contributed by atoms with E-state index >= 15 is 0 Å². The summed E-state index contributed by atoms with van der Waals surface area (Å²) in [5.41, 5.74) is 6.57. The Hall–Kier alpha value is -1.72. The molecule has 6 heteroatoms. The molecule has 2 N–H and O–H groups in total. The molecule has 3 aromatic rings. The van der Waals surface area contributed by atoms with Gasteiger partial charge in [-0.3, -0.25) is 0 Å². The fourth-order valence-corrected chi connectivity index (χ4v) is 2.90. The van der Waals surface area contributed by atoms with E-state index in [1.165, 1.54) is 12.1 Å². The first kappa shape index (κ1) is 12.3. The Morgan fingerprint density at radius 1 is 1.26 bits per heavy atom. The number of anilines is 1. The zero-order valence-electron chi connectivity index (χ0n) is 9.95. The molecule has 3 nitrogen and oxygen atoms in total. The van der Waals surface area contributed by atoms with Crippen molar-refractivity contribution in [2.75, 3.05) is 5.73 Å². The Bertz CT molecular complexity index is 785. The Balaban J connectivity index is 2.21. The number of nitrogen functional groups attached to an aromatic ring is 1. The number of hydrogen-bond acceptors (Lipinski definition) is 4. The van der Waals surface area contributed by atoms with Crippen LogP contribution in [0.25, 0.3) is 21.6 Å². The molecule has 0 aliphatic rings. The number of hydrogen-bond donors (Lipinski definition) is 1. The molecule has 0 atom stereocenters. The molecule has 0 fully saturated rings. The lowest BCUT2D eigenvalue weighted by Gasteiger charge is -2.03. The van der Waals surface area contributed by atoms with Gasteiger partial charge in [0.2, 0.25) is 0 Å². The molecule has 0 saturated heterocycles. The highest BCUT2D eigenvalue weighted by molar-refractivity contribution is 7.18. The van der Waals surface area contributed by atoms with E-state index in [1.807, 2.05) is 13.0 Å². The van der Waals surface area contributed by atoms with E-state index in [1.54, 1.807) is 17.4 Å². The Morgan fingerprint density at radius 3 is 2.79 bits per heavy atom. The Morgan fingerprint density at radius 2 is 2.05 bits per heavy atom. The minimum atomic E-state index is -0.466. The molecule has 2 aromatic heterocycles. The molecule has 19 heavy (non-hydrogen) atoms. The fourth-order valence-electron chi connectivity index (χ4n) is 1.83. The zero-order valence-corrected chi connectivity index (χ0v) is 11.5. The van der Waals surface area contributed by atoms with Gasteiger partial charge in [0.1, 0.15) is 16.5 Å². The summed E-state index contributed by atoms with van der Waals surface area (Å²) in [5, 5.41) is 0.890. The molecule has 0 spiro atoms. The van der Waals surface area contributed by atoms with Gasteiger partial charge < -0.3 is 5.73 Å². The van der Waals surface area contributed by atoms with Crippen LogP contribution in [0.3, 0.4) is 0 Å². The predicted octanol–water partition coefficient (Wildman–Crippen LogP) is 4.04. The van der Waals surface area contributed by atoms with Crippen LogP contribution in [0.5, 0.6) is 0 Å². The molecule has 0 aliphatic heterocycles. The fraction of sp³-hybridized carbons (Fsp3) is 0.0769. The van der Waals surface area contributed by atoms with Crippen LogP contribution in [0.4, 0.5) is 10.2 Å². The second-order valence-electron chi connectivity index (χ2n) is 4.14. The van der Waals surface area contributed by atoms with Crippen LogP contribution in [-0.4, -0.2) is 9.97 Å². The van der Waals surface area contributed by atoms with Gasteiger partial charge in [0.25, 0.3) is 0 Å². The van der Waals surface area contributed by atoms with Crippen LogP contribution < -0.4 is 5.73 Å². The summed E-state index contributed by atoms with van der Waals surface area (Å²) in [6.45, 7) is 1.99. The van der Waals surface area contributed by atoms with E-state index in [0.29, 0.717) is 17.2 Å². The van der Waals surface area contributed by atoms with Gasteiger partial charge in [-0.05, 0) is 31.2 Å². The lowest BCUT2D eigenvalue weighted by molar-refractivity contribution is 0.628. The van der Waals surface area contributed by atoms with Gasteiger partial charge in [0, 0.05) is 10.4 Å². The van der Waals surface area contributed by atoms with Crippen molar-refractivity contribution in [3.05, 3.63) is 40.0 Å². The number of nitrogens with two attached hydrogens (primary N) is 1. The second kappa shape index (κ2) is 4.43. The monoisotopic (exact) mass is 293 g/mol. The number of rotatable bonds is 1. The number of thiophene rings is 1. The van der Waals surface area contributed by atoms with Gasteiger partial charge in [-0.2, -0.15) is 0 Å². The van der Waals surface area contributed by atoms with Crippen LogP contribution in [0.1, 0.15) is 4.88 Å². The largest absolute Gasteiger partial charge is 0.383 e. The highest BCUT2D eigenvalue weighted by Crippen LogP contribution is 2.30. The van der Waals surface area contributed by atoms with E-state index in [-0.39, 0.29) is 5.02 Å². The summed E-state index contributed by atoms with van der Waals surface area (Å²) in [4.78, 5) is 10.6.